The summed E-state index contributed by atoms with van der Waals surface area (Å²) in [5, 5.41) is 11.3. The van der Waals surface area contributed by atoms with Crippen LogP contribution in [0.4, 0.5) is 0 Å². The Morgan fingerprint density at radius 1 is 1.00 bits per heavy atom. The number of likely N-dealkylation sites (N-methyl/N-ethyl adjacent to an activating group) is 1. The number of nitrogens with zero attached hydrogens (tertiary/aromatic N) is 2. The van der Waals surface area contributed by atoms with E-state index in [-0.39, 0.29) is 11.3 Å². The zero-order chi connectivity index (χ0) is 24.3. The van der Waals surface area contributed by atoms with Crippen molar-refractivity contribution < 1.29 is 28.9 Å². The molecule has 0 aliphatic carbocycles. The van der Waals surface area contributed by atoms with Gasteiger partial charge in [-0.3, -0.25) is 9.59 Å². The van der Waals surface area contributed by atoms with Crippen LogP contribution in [0.1, 0.15) is 22.7 Å². The molecule has 1 aliphatic rings. The maximum absolute atomic E-state index is 13.2. The lowest BCUT2D eigenvalue weighted by atomic mass is 9.94. The van der Waals surface area contributed by atoms with Gasteiger partial charge >= 0.3 is 0 Å². The monoisotopic (exact) mass is 454 g/mol. The zero-order valence-electron chi connectivity index (χ0n) is 19.8. The van der Waals surface area contributed by atoms with Crippen LogP contribution in [0.2, 0.25) is 0 Å². The molecule has 0 unspecified atom stereocenters. The standard InChI is InChI=1S/C25H30N2O6/c1-15-13-16(7-10-19(15)32-5)23(28)21-22(18-9-8-17(31-4)14-20(18)33-6)27(12-11-26(2)3)25(30)24(21)29/h7-10,13-14,22,28H,11-12H2,1-6H3/t22-/m1/s1. The Hall–Kier alpha value is -3.52. The van der Waals surface area contributed by atoms with Gasteiger partial charge in [-0.1, -0.05) is 0 Å². The highest BCUT2D eigenvalue weighted by atomic mass is 16.5. The van der Waals surface area contributed by atoms with Crippen molar-refractivity contribution in [1.82, 2.24) is 9.80 Å². The van der Waals surface area contributed by atoms with Crippen molar-refractivity contribution in [1.29, 1.82) is 0 Å². The molecule has 1 saturated heterocycles. The van der Waals surface area contributed by atoms with Gasteiger partial charge in [0.05, 0.1) is 32.9 Å². The van der Waals surface area contributed by atoms with Crippen LogP contribution in [-0.4, -0.2) is 75.1 Å². The second kappa shape index (κ2) is 9.95. The summed E-state index contributed by atoms with van der Waals surface area (Å²) < 4.78 is 16.2. The van der Waals surface area contributed by atoms with Gasteiger partial charge in [0, 0.05) is 30.3 Å². The van der Waals surface area contributed by atoms with E-state index in [4.69, 9.17) is 14.2 Å². The van der Waals surface area contributed by atoms with Crippen LogP contribution in [-0.2, 0) is 9.59 Å². The fourth-order valence-corrected chi connectivity index (χ4v) is 3.97. The van der Waals surface area contributed by atoms with E-state index in [1.54, 1.807) is 50.6 Å². The summed E-state index contributed by atoms with van der Waals surface area (Å²) in [7, 11) is 8.40. The first-order valence-electron chi connectivity index (χ1n) is 10.5. The summed E-state index contributed by atoms with van der Waals surface area (Å²) in [5.41, 5.74) is 1.83. The number of methoxy groups -OCH3 is 3. The minimum absolute atomic E-state index is 0.0202. The van der Waals surface area contributed by atoms with Crippen LogP contribution in [0.25, 0.3) is 5.76 Å². The van der Waals surface area contributed by atoms with Crippen molar-refractivity contribution in [3.8, 4) is 17.2 Å². The number of rotatable bonds is 8. The van der Waals surface area contributed by atoms with E-state index >= 15 is 0 Å². The van der Waals surface area contributed by atoms with Crippen molar-refractivity contribution in [2.75, 3.05) is 48.5 Å². The van der Waals surface area contributed by atoms with E-state index < -0.39 is 17.7 Å². The predicted molar refractivity (Wildman–Crippen MR) is 125 cm³/mol. The Balaban J connectivity index is 2.22. The number of aryl methyl sites for hydroxylation is 1. The van der Waals surface area contributed by atoms with E-state index in [1.165, 1.54) is 12.0 Å². The number of Topliss-reactive ketones (excluding diaryl/α,β-unsaturated/α-hetero) is 1. The smallest absolute Gasteiger partial charge is 0.295 e. The van der Waals surface area contributed by atoms with Crippen LogP contribution in [0.3, 0.4) is 0 Å². The minimum atomic E-state index is -0.812. The molecule has 1 N–H and O–H groups in total. The minimum Gasteiger partial charge on any atom is -0.507 e. The van der Waals surface area contributed by atoms with Gasteiger partial charge < -0.3 is 29.1 Å². The summed E-state index contributed by atoms with van der Waals surface area (Å²) in [6.45, 7) is 2.69. The lowest BCUT2D eigenvalue weighted by Gasteiger charge is -2.27. The van der Waals surface area contributed by atoms with Gasteiger partial charge in [0.25, 0.3) is 11.7 Å². The van der Waals surface area contributed by atoms with Crippen LogP contribution in [0, 0.1) is 6.92 Å². The maximum Gasteiger partial charge on any atom is 0.295 e. The van der Waals surface area contributed by atoms with Gasteiger partial charge in [0.2, 0.25) is 0 Å². The van der Waals surface area contributed by atoms with Gasteiger partial charge in [-0.2, -0.15) is 0 Å². The fraction of sp³-hybridized carbons (Fsp3) is 0.360. The third-order valence-electron chi connectivity index (χ3n) is 5.73. The summed E-state index contributed by atoms with van der Waals surface area (Å²) in [5.74, 6) is 0.0503. The lowest BCUT2D eigenvalue weighted by molar-refractivity contribution is -0.140. The predicted octanol–water partition coefficient (Wildman–Crippen LogP) is 3.00. The van der Waals surface area contributed by atoms with Gasteiger partial charge in [-0.15, -0.1) is 0 Å². The average Bonchev–Trinajstić information content (AvgIpc) is 3.06. The Labute approximate surface area is 194 Å². The number of amides is 1. The molecule has 0 aromatic heterocycles. The first-order valence-corrected chi connectivity index (χ1v) is 10.5. The van der Waals surface area contributed by atoms with Crippen LogP contribution in [0.5, 0.6) is 17.2 Å². The topological polar surface area (TPSA) is 88.5 Å². The molecule has 1 atom stereocenters. The summed E-state index contributed by atoms with van der Waals surface area (Å²) in [4.78, 5) is 29.6. The molecule has 2 aromatic rings. The quantitative estimate of drug-likeness (QED) is 0.373. The molecule has 1 fully saturated rings. The van der Waals surface area contributed by atoms with Gasteiger partial charge in [-0.25, -0.2) is 0 Å². The Morgan fingerprint density at radius 2 is 1.70 bits per heavy atom. The second-order valence-corrected chi connectivity index (χ2v) is 8.09. The summed E-state index contributed by atoms with van der Waals surface area (Å²) in [6.07, 6.45) is 0. The number of likely N-dealkylation sites (tertiary alicyclic amines) is 1. The number of aliphatic hydroxyl groups excluding tert-OH is 1. The SMILES string of the molecule is COc1ccc([C@@H]2C(=C(O)c3ccc(OC)c(C)c3)C(=O)C(=O)N2CCN(C)C)c(OC)c1. The highest BCUT2D eigenvalue weighted by Crippen LogP contribution is 2.43. The van der Waals surface area contributed by atoms with Crippen LogP contribution in [0.15, 0.2) is 42.0 Å². The van der Waals surface area contributed by atoms with Crippen molar-refractivity contribution in [2.45, 2.75) is 13.0 Å². The zero-order valence-corrected chi connectivity index (χ0v) is 19.8. The Morgan fingerprint density at radius 3 is 2.27 bits per heavy atom. The molecule has 3 rings (SSSR count). The molecule has 2 aromatic carbocycles. The molecule has 8 heteroatoms. The Kier molecular flexibility index (Phi) is 7.28. The first-order chi connectivity index (χ1) is 15.7. The average molecular weight is 455 g/mol. The van der Waals surface area contributed by atoms with Gasteiger partial charge in [-0.05, 0) is 56.9 Å². The maximum atomic E-state index is 13.2. The molecule has 8 nitrogen and oxygen atoms in total. The summed E-state index contributed by atoms with van der Waals surface area (Å²) in [6, 6.07) is 9.48. The number of ether oxygens (including phenoxy) is 3. The molecule has 33 heavy (non-hydrogen) atoms. The van der Waals surface area contributed by atoms with E-state index in [0.29, 0.717) is 41.5 Å². The number of carbonyl (C=O) groups excluding carboxylic acids is 2. The molecule has 0 bridgehead atoms. The molecular weight excluding hydrogens is 424 g/mol. The molecule has 0 radical (unpaired) electrons. The highest BCUT2D eigenvalue weighted by molar-refractivity contribution is 6.46. The normalized spacial score (nSPS) is 17.5. The highest BCUT2D eigenvalue weighted by Gasteiger charge is 2.47. The third kappa shape index (κ3) is 4.66. The van der Waals surface area contributed by atoms with Gasteiger partial charge in [0.1, 0.15) is 23.0 Å². The van der Waals surface area contributed by atoms with E-state index in [9.17, 15) is 14.7 Å². The number of ketones is 1. The molecule has 1 aliphatic heterocycles. The molecule has 0 saturated carbocycles. The largest absolute Gasteiger partial charge is 0.507 e. The van der Waals surface area contributed by atoms with E-state index in [2.05, 4.69) is 0 Å². The second-order valence-electron chi connectivity index (χ2n) is 8.09. The number of aliphatic hydroxyl groups is 1. The van der Waals surface area contributed by atoms with Crippen LogP contribution >= 0.6 is 0 Å². The molecular formula is C25H30N2O6. The summed E-state index contributed by atoms with van der Waals surface area (Å²) >= 11 is 0. The Bertz CT molecular complexity index is 1090. The number of hydrogen-bond donors (Lipinski definition) is 1. The van der Waals surface area contributed by atoms with E-state index in [0.717, 1.165) is 5.56 Å². The van der Waals surface area contributed by atoms with E-state index in [1.807, 2.05) is 25.9 Å². The van der Waals surface area contributed by atoms with Gasteiger partial charge in [0.15, 0.2) is 0 Å². The lowest BCUT2D eigenvalue weighted by Crippen LogP contribution is -2.35. The molecule has 1 heterocycles. The number of benzene rings is 2. The van der Waals surface area contributed by atoms with Crippen molar-refractivity contribution in [2.24, 2.45) is 0 Å². The van der Waals surface area contributed by atoms with Crippen molar-refractivity contribution in [3.05, 3.63) is 58.7 Å². The molecule has 0 spiro atoms. The van der Waals surface area contributed by atoms with Crippen molar-refractivity contribution in [3.63, 3.8) is 0 Å². The first kappa shape index (κ1) is 24.1. The number of hydrogen-bond acceptors (Lipinski definition) is 7. The number of carbonyl (C=O) groups is 2. The van der Waals surface area contributed by atoms with Crippen LogP contribution < -0.4 is 14.2 Å². The molecule has 1 amide bonds. The molecule has 176 valence electrons. The fourth-order valence-electron chi connectivity index (χ4n) is 3.97. The third-order valence-corrected chi connectivity index (χ3v) is 5.73. The van der Waals surface area contributed by atoms with Crippen molar-refractivity contribution >= 4 is 17.4 Å².